The van der Waals surface area contributed by atoms with Gasteiger partial charge in [0.25, 0.3) is 0 Å². The quantitative estimate of drug-likeness (QED) is 0.255. The van der Waals surface area contributed by atoms with Crippen LogP contribution in [0.2, 0.25) is 0 Å². The van der Waals surface area contributed by atoms with Crippen LogP contribution in [0, 0.1) is 20.8 Å². The van der Waals surface area contributed by atoms with E-state index < -0.39 is 0 Å². The zero-order chi connectivity index (χ0) is 23.2. The molecule has 4 rings (SSSR count). The van der Waals surface area contributed by atoms with Crippen molar-refractivity contribution >= 4 is 29.9 Å². The van der Waals surface area contributed by atoms with Crippen molar-refractivity contribution in [2.75, 3.05) is 20.1 Å². The first-order valence-corrected chi connectivity index (χ1v) is 11.9. The fourth-order valence-corrected chi connectivity index (χ4v) is 4.57. The number of hydrogen-bond acceptors (Lipinski definition) is 3. The molecular weight excluding hydrogens is 535 g/mol. The average molecular weight is 573 g/mol. The van der Waals surface area contributed by atoms with Gasteiger partial charge in [-0.1, -0.05) is 42.5 Å². The smallest absolute Gasteiger partial charge is 0.191 e. The predicted octanol–water partition coefficient (Wildman–Crippen LogP) is 4.75. The van der Waals surface area contributed by atoms with Gasteiger partial charge in [0.1, 0.15) is 0 Å². The zero-order valence-electron chi connectivity index (χ0n) is 20.7. The number of guanidine groups is 1. The maximum absolute atomic E-state index is 4.66. The number of halogens is 1. The highest BCUT2D eigenvalue weighted by Crippen LogP contribution is 2.18. The number of para-hydroxylation sites is 1. The van der Waals surface area contributed by atoms with Gasteiger partial charge in [0.15, 0.2) is 5.96 Å². The molecule has 1 aromatic heterocycles. The molecule has 0 unspecified atom stereocenters. The Kier molecular flexibility index (Phi) is 9.53. The van der Waals surface area contributed by atoms with Crippen molar-refractivity contribution < 1.29 is 0 Å². The van der Waals surface area contributed by atoms with Crippen LogP contribution < -0.4 is 10.6 Å². The third-order valence-electron chi connectivity index (χ3n) is 6.48. The van der Waals surface area contributed by atoms with Crippen LogP contribution >= 0.6 is 24.0 Å². The number of piperidine rings is 1. The summed E-state index contributed by atoms with van der Waals surface area (Å²) in [6.45, 7) is 10.3. The number of hydrogen-bond donors (Lipinski definition) is 2. The number of aliphatic imine (C=N–C) groups is 1. The summed E-state index contributed by atoms with van der Waals surface area (Å²) >= 11 is 0. The minimum absolute atomic E-state index is 0. The second-order valence-corrected chi connectivity index (χ2v) is 9.01. The van der Waals surface area contributed by atoms with Crippen LogP contribution in [-0.4, -0.2) is 46.8 Å². The highest BCUT2D eigenvalue weighted by Gasteiger charge is 2.20. The van der Waals surface area contributed by atoms with Crippen LogP contribution in [-0.2, 0) is 13.1 Å². The van der Waals surface area contributed by atoms with Crippen LogP contribution in [0.3, 0.4) is 0 Å². The molecule has 2 aromatic carbocycles. The lowest BCUT2D eigenvalue weighted by Crippen LogP contribution is -2.48. The molecular formula is C27H37IN6. The van der Waals surface area contributed by atoms with Gasteiger partial charge < -0.3 is 10.6 Å². The minimum atomic E-state index is 0. The number of aromatic nitrogens is 2. The molecule has 0 radical (unpaired) electrons. The molecule has 2 heterocycles. The van der Waals surface area contributed by atoms with E-state index in [1.165, 1.54) is 16.7 Å². The Morgan fingerprint density at radius 2 is 1.68 bits per heavy atom. The average Bonchev–Trinajstić information content (AvgIpc) is 3.17. The number of rotatable bonds is 6. The van der Waals surface area contributed by atoms with Gasteiger partial charge in [0, 0.05) is 45.0 Å². The lowest BCUT2D eigenvalue weighted by atomic mass is 10.0. The van der Waals surface area contributed by atoms with Gasteiger partial charge >= 0.3 is 0 Å². The van der Waals surface area contributed by atoms with E-state index in [1.54, 1.807) is 0 Å². The third kappa shape index (κ3) is 6.60. The van der Waals surface area contributed by atoms with E-state index in [1.807, 2.05) is 18.7 Å². The van der Waals surface area contributed by atoms with Gasteiger partial charge in [-0.15, -0.1) is 24.0 Å². The van der Waals surface area contributed by atoms with Crippen LogP contribution in [0.5, 0.6) is 0 Å². The number of aryl methyl sites for hydroxylation is 3. The normalized spacial score (nSPS) is 15.1. The first kappa shape index (κ1) is 26.2. The summed E-state index contributed by atoms with van der Waals surface area (Å²) in [6, 6.07) is 19.7. The summed E-state index contributed by atoms with van der Waals surface area (Å²) in [4.78, 5) is 7.03. The molecule has 1 aliphatic rings. The summed E-state index contributed by atoms with van der Waals surface area (Å²) < 4.78 is 2.02. The van der Waals surface area contributed by atoms with Gasteiger partial charge in [0.05, 0.1) is 11.4 Å². The fourth-order valence-electron chi connectivity index (χ4n) is 4.57. The Bertz CT molecular complexity index is 1100. The van der Waals surface area contributed by atoms with Crippen LogP contribution in [0.25, 0.3) is 5.69 Å². The lowest BCUT2D eigenvalue weighted by molar-refractivity contribution is 0.198. The fraction of sp³-hybridized carbons (Fsp3) is 0.407. The molecule has 1 aliphatic heterocycles. The summed E-state index contributed by atoms with van der Waals surface area (Å²) in [6.07, 6.45) is 2.24. The molecule has 1 saturated heterocycles. The largest absolute Gasteiger partial charge is 0.354 e. The van der Waals surface area contributed by atoms with E-state index in [9.17, 15) is 0 Å². The van der Waals surface area contributed by atoms with Gasteiger partial charge in [-0.25, -0.2) is 4.68 Å². The Morgan fingerprint density at radius 1 is 1.00 bits per heavy atom. The van der Waals surface area contributed by atoms with Crippen LogP contribution in [0.4, 0.5) is 0 Å². The van der Waals surface area contributed by atoms with Crippen molar-refractivity contribution in [1.82, 2.24) is 25.3 Å². The maximum atomic E-state index is 4.66. The zero-order valence-corrected chi connectivity index (χ0v) is 23.0. The number of likely N-dealkylation sites (tertiary alicyclic amines) is 1. The van der Waals surface area contributed by atoms with E-state index in [0.717, 1.165) is 55.5 Å². The van der Waals surface area contributed by atoms with Gasteiger partial charge in [-0.3, -0.25) is 9.89 Å². The molecule has 0 aliphatic carbocycles. The summed E-state index contributed by atoms with van der Waals surface area (Å²) in [5, 5.41) is 11.8. The first-order chi connectivity index (χ1) is 16.0. The SMILES string of the molecule is CN=C(NCc1ccccc1-n1nc(C)cc1C)NC1CCN(Cc2ccccc2C)CC1.I. The van der Waals surface area contributed by atoms with Crippen molar-refractivity contribution in [1.29, 1.82) is 0 Å². The number of nitrogens with one attached hydrogen (secondary N) is 2. The number of benzene rings is 2. The second kappa shape index (κ2) is 12.4. The second-order valence-electron chi connectivity index (χ2n) is 9.01. The lowest BCUT2D eigenvalue weighted by Gasteiger charge is -2.33. The third-order valence-corrected chi connectivity index (χ3v) is 6.48. The standard InChI is InChI=1S/C27H36N6.HI/c1-20-9-5-6-11-24(20)19-32-15-13-25(14-16-32)30-27(28-4)29-18-23-10-7-8-12-26(23)33-22(3)17-21(2)31-33;/h5-12,17,25H,13-16,18-19H2,1-4H3,(H2,28,29,30);1H. The Balaban J connectivity index is 0.00000324. The molecule has 0 amide bonds. The van der Waals surface area contributed by atoms with E-state index in [4.69, 9.17) is 0 Å². The van der Waals surface area contributed by atoms with E-state index in [2.05, 4.69) is 94.1 Å². The maximum Gasteiger partial charge on any atom is 0.191 e. The molecule has 34 heavy (non-hydrogen) atoms. The summed E-state index contributed by atoms with van der Waals surface area (Å²) in [5.74, 6) is 0.857. The van der Waals surface area contributed by atoms with E-state index in [0.29, 0.717) is 12.6 Å². The van der Waals surface area contributed by atoms with Crippen molar-refractivity contribution in [3.05, 3.63) is 82.7 Å². The van der Waals surface area contributed by atoms with Crippen molar-refractivity contribution in [3.63, 3.8) is 0 Å². The molecule has 6 nitrogen and oxygen atoms in total. The molecule has 7 heteroatoms. The Morgan fingerprint density at radius 3 is 2.32 bits per heavy atom. The molecule has 2 N–H and O–H groups in total. The van der Waals surface area contributed by atoms with Crippen LogP contribution in [0.1, 0.15) is 40.9 Å². The Labute approximate surface area is 220 Å². The molecule has 0 saturated carbocycles. The Hall–Kier alpha value is -2.39. The first-order valence-electron chi connectivity index (χ1n) is 11.9. The van der Waals surface area contributed by atoms with Gasteiger partial charge in [-0.05, 0) is 62.4 Å². The van der Waals surface area contributed by atoms with Crippen LogP contribution in [0.15, 0.2) is 59.6 Å². The summed E-state index contributed by atoms with van der Waals surface area (Å²) in [5.41, 5.74) is 7.28. The van der Waals surface area contributed by atoms with Gasteiger partial charge in [-0.2, -0.15) is 5.10 Å². The molecule has 182 valence electrons. The molecule has 0 bridgehead atoms. The monoisotopic (exact) mass is 572 g/mol. The molecule has 0 spiro atoms. The molecule has 0 atom stereocenters. The van der Waals surface area contributed by atoms with Crippen molar-refractivity contribution in [2.24, 2.45) is 4.99 Å². The molecule has 3 aromatic rings. The summed E-state index contributed by atoms with van der Waals surface area (Å²) in [7, 11) is 1.84. The predicted molar refractivity (Wildman–Crippen MR) is 151 cm³/mol. The van der Waals surface area contributed by atoms with E-state index >= 15 is 0 Å². The molecule has 1 fully saturated rings. The highest BCUT2D eigenvalue weighted by molar-refractivity contribution is 14.0. The van der Waals surface area contributed by atoms with Gasteiger partial charge in [0.2, 0.25) is 0 Å². The highest BCUT2D eigenvalue weighted by atomic mass is 127. The minimum Gasteiger partial charge on any atom is -0.354 e. The van der Waals surface area contributed by atoms with E-state index in [-0.39, 0.29) is 24.0 Å². The number of nitrogens with zero attached hydrogens (tertiary/aromatic N) is 4. The van der Waals surface area contributed by atoms with Crippen molar-refractivity contribution in [2.45, 2.75) is 52.7 Å². The topological polar surface area (TPSA) is 57.5 Å². The van der Waals surface area contributed by atoms with Crippen molar-refractivity contribution in [3.8, 4) is 5.69 Å².